The fourth-order valence-corrected chi connectivity index (χ4v) is 3.44. The standard InChI is InChI=1S/C17H24N2/c1-3-15(18)17-11(2)19-16-10-13-8-6-4-5-7-12(13)9-14(16)17/h9-10,15,19H,3-8,18H2,1-2H3. The van der Waals surface area contributed by atoms with Crippen molar-refractivity contribution in [1.82, 2.24) is 4.98 Å². The van der Waals surface area contributed by atoms with Gasteiger partial charge in [0, 0.05) is 22.6 Å². The summed E-state index contributed by atoms with van der Waals surface area (Å²) >= 11 is 0. The van der Waals surface area contributed by atoms with E-state index in [1.807, 2.05) is 0 Å². The molecule has 0 spiro atoms. The molecule has 1 heterocycles. The number of aromatic nitrogens is 1. The molecule has 1 aromatic carbocycles. The molecule has 19 heavy (non-hydrogen) atoms. The minimum Gasteiger partial charge on any atom is -0.358 e. The molecule has 1 atom stereocenters. The Balaban J connectivity index is 2.18. The highest BCUT2D eigenvalue weighted by atomic mass is 14.7. The van der Waals surface area contributed by atoms with Crippen molar-refractivity contribution in [3.63, 3.8) is 0 Å². The predicted molar refractivity (Wildman–Crippen MR) is 81.5 cm³/mol. The average molecular weight is 256 g/mol. The number of H-pyrrole nitrogens is 1. The lowest BCUT2D eigenvalue weighted by Crippen LogP contribution is -2.09. The number of benzene rings is 1. The molecule has 0 amide bonds. The normalized spacial score (nSPS) is 17.2. The second-order valence-electron chi connectivity index (χ2n) is 5.91. The van der Waals surface area contributed by atoms with E-state index in [4.69, 9.17) is 5.73 Å². The van der Waals surface area contributed by atoms with Crippen LogP contribution in [0.1, 0.15) is 61.0 Å². The number of aryl methyl sites for hydroxylation is 3. The zero-order chi connectivity index (χ0) is 13.4. The topological polar surface area (TPSA) is 41.8 Å². The van der Waals surface area contributed by atoms with Gasteiger partial charge in [0.1, 0.15) is 0 Å². The van der Waals surface area contributed by atoms with Crippen LogP contribution in [0.3, 0.4) is 0 Å². The Morgan fingerprint density at radius 3 is 2.53 bits per heavy atom. The molecule has 2 nitrogen and oxygen atoms in total. The van der Waals surface area contributed by atoms with E-state index in [9.17, 15) is 0 Å². The van der Waals surface area contributed by atoms with Gasteiger partial charge in [0.2, 0.25) is 0 Å². The Morgan fingerprint density at radius 2 is 1.84 bits per heavy atom. The summed E-state index contributed by atoms with van der Waals surface area (Å²) in [5.74, 6) is 0. The molecule has 1 unspecified atom stereocenters. The Kier molecular flexibility index (Phi) is 3.36. The van der Waals surface area contributed by atoms with Crippen LogP contribution in [0.15, 0.2) is 12.1 Å². The lowest BCUT2D eigenvalue weighted by atomic mass is 9.96. The molecule has 1 aromatic heterocycles. The monoisotopic (exact) mass is 256 g/mol. The van der Waals surface area contributed by atoms with Crippen molar-refractivity contribution in [1.29, 1.82) is 0 Å². The first kappa shape index (κ1) is 12.7. The first-order valence-electron chi connectivity index (χ1n) is 7.60. The van der Waals surface area contributed by atoms with Gasteiger partial charge >= 0.3 is 0 Å². The summed E-state index contributed by atoms with van der Waals surface area (Å²) in [7, 11) is 0. The third-order valence-electron chi connectivity index (χ3n) is 4.56. The van der Waals surface area contributed by atoms with Crippen LogP contribution in [0.4, 0.5) is 0 Å². The Labute approximate surface area is 115 Å². The number of fused-ring (bicyclic) bond motifs is 2. The summed E-state index contributed by atoms with van der Waals surface area (Å²) in [5, 5.41) is 1.35. The molecule has 3 rings (SSSR count). The molecule has 0 saturated heterocycles. The molecule has 3 N–H and O–H groups in total. The van der Waals surface area contributed by atoms with Crippen molar-refractivity contribution in [2.45, 2.75) is 58.4 Å². The van der Waals surface area contributed by atoms with Crippen LogP contribution in [0.5, 0.6) is 0 Å². The van der Waals surface area contributed by atoms with Gasteiger partial charge in [0.15, 0.2) is 0 Å². The molecule has 0 fully saturated rings. The number of hydrogen-bond donors (Lipinski definition) is 2. The number of aromatic amines is 1. The van der Waals surface area contributed by atoms with E-state index in [-0.39, 0.29) is 6.04 Å². The third-order valence-corrected chi connectivity index (χ3v) is 4.56. The first-order chi connectivity index (χ1) is 9.20. The molecule has 2 aromatic rings. The Morgan fingerprint density at radius 1 is 1.16 bits per heavy atom. The molecule has 1 aliphatic rings. The molecule has 0 radical (unpaired) electrons. The number of nitrogens with two attached hydrogens (primary N) is 1. The van der Waals surface area contributed by atoms with Crippen LogP contribution in [0.2, 0.25) is 0 Å². The third kappa shape index (κ3) is 2.18. The first-order valence-corrected chi connectivity index (χ1v) is 7.60. The van der Waals surface area contributed by atoms with E-state index < -0.39 is 0 Å². The number of hydrogen-bond acceptors (Lipinski definition) is 1. The maximum Gasteiger partial charge on any atom is 0.0462 e. The Hall–Kier alpha value is -1.28. The zero-order valence-electron chi connectivity index (χ0n) is 12.1. The van der Waals surface area contributed by atoms with Gasteiger partial charge in [-0.3, -0.25) is 0 Å². The summed E-state index contributed by atoms with van der Waals surface area (Å²) < 4.78 is 0. The molecule has 2 heteroatoms. The summed E-state index contributed by atoms with van der Waals surface area (Å²) in [4.78, 5) is 3.53. The van der Waals surface area contributed by atoms with Crippen LogP contribution >= 0.6 is 0 Å². The molecule has 0 aliphatic heterocycles. The van der Waals surface area contributed by atoms with Crippen LogP contribution in [-0.4, -0.2) is 4.98 Å². The number of rotatable bonds is 2. The van der Waals surface area contributed by atoms with Crippen LogP contribution < -0.4 is 5.73 Å². The Bertz CT molecular complexity index is 595. The van der Waals surface area contributed by atoms with Gasteiger partial charge in [-0.05, 0) is 67.9 Å². The van der Waals surface area contributed by atoms with E-state index in [0.717, 1.165) is 6.42 Å². The lowest BCUT2D eigenvalue weighted by molar-refractivity contribution is 0.698. The fourth-order valence-electron chi connectivity index (χ4n) is 3.44. The molecule has 1 aliphatic carbocycles. The lowest BCUT2D eigenvalue weighted by Gasteiger charge is -2.11. The van der Waals surface area contributed by atoms with Crippen LogP contribution in [0.25, 0.3) is 10.9 Å². The van der Waals surface area contributed by atoms with Crippen molar-refractivity contribution in [2.75, 3.05) is 0 Å². The van der Waals surface area contributed by atoms with Gasteiger partial charge in [0.05, 0.1) is 0 Å². The molecule has 0 bridgehead atoms. The van der Waals surface area contributed by atoms with E-state index in [1.165, 1.54) is 54.3 Å². The average Bonchev–Trinajstić information content (AvgIpc) is 2.58. The molecular weight excluding hydrogens is 232 g/mol. The predicted octanol–water partition coefficient (Wildman–Crippen LogP) is 4.16. The van der Waals surface area contributed by atoms with Gasteiger partial charge in [-0.15, -0.1) is 0 Å². The van der Waals surface area contributed by atoms with E-state index in [1.54, 1.807) is 11.1 Å². The highest BCUT2D eigenvalue weighted by Crippen LogP contribution is 2.32. The summed E-state index contributed by atoms with van der Waals surface area (Å²) in [6.45, 7) is 4.31. The number of nitrogens with one attached hydrogen (secondary N) is 1. The van der Waals surface area contributed by atoms with Crippen molar-refractivity contribution in [2.24, 2.45) is 5.73 Å². The van der Waals surface area contributed by atoms with Gasteiger partial charge in [-0.1, -0.05) is 13.3 Å². The van der Waals surface area contributed by atoms with Crippen LogP contribution in [-0.2, 0) is 12.8 Å². The summed E-state index contributed by atoms with van der Waals surface area (Å²) in [6, 6.07) is 4.93. The summed E-state index contributed by atoms with van der Waals surface area (Å²) in [5.41, 5.74) is 13.2. The molecule has 102 valence electrons. The van der Waals surface area contributed by atoms with Crippen molar-refractivity contribution in [3.8, 4) is 0 Å². The van der Waals surface area contributed by atoms with Gasteiger partial charge < -0.3 is 10.7 Å². The van der Waals surface area contributed by atoms with E-state index >= 15 is 0 Å². The molecule has 0 saturated carbocycles. The van der Waals surface area contributed by atoms with Gasteiger partial charge in [0.25, 0.3) is 0 Å². The quantitative estimate of drug-likeness (QED) is 0.778. The minimum absolute atomic E-state index is 0.151. The van der Waals surface area contributed by atoms with Gasteiger partial charge in [-0.25, -0.2) is 0 Å². The minimum atomic E-state index is 0.151. The molecular formula is C17H24N2. The van der Waals surface area contributed by atoms with Crippen LogP contribution in [0, 0.1) is 6.92 Å². The maximum atomic E-state index is 6.29. The SMILES string of the molecule is CCC(N)c1c(C)[nH]c2cc3c(cc12)CCCCC3. The maximum absolute atomic E-state index is 6.29. The largest absolute Gasteiger partial charge is 0.358 e. The van der Waals surface area contributed by atoms with E-state index in [0.29, 0.717) is 0 Å². The zero-order valence-corrected chi connectivity index (χ0v) is 12.1. The second kappa shape index (κ2) is 5.01. The van der Waals surface area contributed by atoms with Gasteiger partial charge in [-0.2, -0.15) is 0 Å². The van der Waals surface area contributed by atoms with Crippen molar-refractivity contribution in [3.05, 3.63) is 34.5 Å². The highest BCUT2D eigenvalue weighted by molar-refractivity contribution is 5.86. The summed E-state index contributed by atoms with van der Waals surface area (Å²) in [6.07, 6.45) is 7.49. The highest BCUT2D eigenvalue weighted by Gasteiger charge is 2.17. The second-order valence-corrected chi connectivity index (χ2v) is 5.91. The van der Waals surface area contributed by atoms with Crippen molar-refractivity contribution >= 4 is 10.9 Å². The van der Waals surface area contributed by atoms with E-state index in [2.05, 4.69) is 31.0 Å². The smallest absolute Gasteiger partial charge is 0.0462 e. The fraction of sp³-hybridized carbons (Fsp3) is 0.529. The van der Waals surface area contributed by atoms with Crippen molar-refractivity contribution < 1.29 is 0 Å².